The van der Waals surface area contributed by atoms with E-state index in [0.29, 0.717) is 17.0 Å². The van der Waals surface area contributed by atoms with Crippen LogP contribution in [0.25, 0.3) is 5.76 Å². The van der Waals surface area contributed by atoms with Gasteiger partial charge in [0, 0.05) is 23.4 Å². The molecule has 3 aromatic carbocycles. The van der Waals surface area contributed by atoms with E-state index in [4.69, 9.17) is 4.74 Å². The Morgan fingerprint density at radius 3 is 2.15 bits per heavy atom. The number of amides is 1. The van der Waals surface area contributed by atoms with Gasteiger partial charge in [-0.3, -0.25) is 24.6 Å². The summed E-state index contributed by atoms with van der Waals surface area (Å²) in [5.74, 6) is -2.27. The summed E-state index contributed by atoms with van der Waals surface area (Å²) in [7, 11) is 1.49. The van der Waals surface area contributed by atoms with Crippen molar-refractivity contribution in [2.75, 3.05) is 12.0 Å². The Bertz CT molecular complexity index is 1270. The van der Waals surface area contributed by atoms with Crippen molar-refractivity contribution in [2.45, 2.75) is 6.04 Å². The highest BCUT2D eigenvalue weighted by Crippen LogP contribution is 2.42. The molecule has 0 spiro atoms. The molecule has 0 bridgehead atoms. The molecule has 1 N–H and O–H groups in total. The number of carbonyl (C=O) groups is 2. The van der Waals surface area contributed by atoms with Gasteiger partial charge in [-0.2, -0.15) is 0 Å². The maximum atomic E-state index is 13.6. The van der Waals surface area contributed by atoms with Crippen LogP contribution in [0.3, 0.4) is 0 Å². The smallest absolute Gasteiger partial charge is 0.300 e. The number of rotatable bonds is 5. The molecular formula is C24H17FN2O6. The van der Waals surface area contributed by atoms with Crippen molar-refractivity contribution in [1.29, 1.82) is 0 Å². The second-order valence-corrected chi connectivity index (χ2v) is 7.22. The lowest BCUT2D eigenvalue weighted by atomic mass is 9.95. The number of aliphatic hydroxyl groups is 1. The standard InChI is InChI=1S/C24H17FN2O6/c1-33-19-12-10-17(11-13-19)26-21(14-2-6-16(25)7-3-14)20(23(29)24(26)30)22(28)15-4-8-18(9-5-15)27(31)32/h2-13,21,28H,1H3/b22-20-. The zero-order valence-electron chi connectivity index (χ0n) is 17.3. The molecule has 8 nitrogen and oxygen atoms in total. The number of hydrogen-bond acceptors (Lipinski definition) is 6. The molecule has 1 fully saturated rings. The minimum absolute atomic E-state index is 0.125. The predicted octanol–water partition coefficient (Wildman–Crippen LogP) is 4.37. The van der Waals surface area contributed by atoms with Gasteiger partial charge in [-0.1, -0.05) is 12.1 Å². The first kappa shape index (κ1) is 21.7. The largest absolute Gasteiger partial charge is 0.507 e. The SMILES string of the molecule is COc1ccc(N2C(=O)C(=O)/C(=C(\O)c3ccc([N+](=O)[O-])cc3)C2c2ccc(F)cc2)cc1. The van der Waals surface area contributed by atoms with E-state index in [9.17, 15) is 29.2 Å². The third kappa shape index (κ3) is 3.91. The summed E-state index contributed by atoms with van der Waals surface area (Å²) in [5.41, 5.74) is 0.488. The van der Waals surface area contributed by atoms with Gasteiger partial charge in [-0.05, 0) is 54.1 Å². The molecule has 9 heteroatoms. The van der Waals surface area contributed by atoms with E-state index < -0.39 is 34.2 Å². The van der Waals surface area contributed by atoms with Gasteiger partial charge in [-0.25, -0.2) is 4.39 Å². The zero-order chi connectivity index (χ0) is 23.7. The molecule has 0 aliphatic carbocycles. The second-order valence-electron chi connectivity index (χ2n) is 7.22. The number of methoxy groups -OCH3 is 1. The van der Waals surface area contributed by atoms with E-state index in [-0.39, 0.29) is 16.8 Å². The van der Waals surface area contributed by atoms with E-state index in [1.165, 1.54) is 60.5 Å². The molecule has 1 atom stereocenters. The highest BCUT2D eigenvalue weighted by molar-refractivity contribution is 6.51. The van der Waals surface area contributed by atoms with E-state index in [0.717, 1.165) is 0 Å². The molecule has 1 saturated heterocycles. The quantitative estimate of drug-likeness (QED) is 0.204. The molecule has 0 saturated carbocycles. The first-order chi connectivity index (χ1) is 15.8. The Hall–Kier alpha value is -4.53. The van der Waals surface area contributed by atoms with Crippen molar-refractivity contribution in [1.82, 2.24) is 0 Å². The molecule has 3 aromatic rings. The first-order valence-corrected chi connectivity index (χ1v) is 9.77. The van der Waals surface area contributed by atoms with Gasteiger partial charge in [0.25, 0.3) is 17.4 Å². The first-order valence-electron chi connectivity index (χ1n) is 9.77. The number of Topliss-reactive ketones (excluding diaryl/α,β-unsaturated/α-hetero) is 1. The van der Waals surface area contributed by atoms with Gasteiger partial charge in [0.1, 0.15) is 17.3 Å². The Kier molecular flexibility index (Phi) is 5.61. The van der Waals surface area contributed by atoms with Crippen molar-refractivity contribution >= 4 is 28.8 Å². The van der Waals surface area contributed by atoms with Crippen LogP contribution in [0.2, 0.25) is 0 Å². The number of nitro groups is 1. The molecule has 0 radical (unpaired) electrons. The molecule has 166 valence electrons. The Labute approximate surface area is 187 Å². The average Bonchev–Trinajstić information content (AvgIpc) is 3.09. The topological polar surface area (TPSA) is 110 Å². The minimum atomic E-state index is -1.05. The molecular weight excluding hydrogens is 431 g/mol. The van der Waals surface area contributed by atoms with Crippen LogP contribution in [0.5, 0.6) is 5.75 Å². The predicted molar refractivity (Wildman–Crippen MR) is 117 cm³/mol. The van der Waals surface area contributed by atoms with E-state index in [1.807, 2.05) is 0 Å². The van der Waals surface area contributed by atoms with E-state index >= 15 is 0 Å². The number of anilines is 1. The normalized spacial score (nSPS) is 17.3. The Morgan fingerprint density at radius 1 is 1.00 bits per heavy atom. The summed E-state index contributed by atoms with van der Waals surface area (Å²) < 4.78 is 18.7. The number of nitro benzene ring substituents is 1. The summed E-state index contributed by atoms with van der Waals surface area (Å²) in [4.78, 5) is 37.6. The Balaban J connectivity index is 1.89. The maximum absolute atomic E-state index is 13.6. The summed E-state index contributed by atoms with van der Waals surface area (Å²) in [6.45, 7) is 0. The van der Waals surface area contributed by atoms with Gasteiger partial charge in [0.05, 0.1) is 23.6 Å². The fraction of sp³-hybridized carbons (Fsp3) is 0.0833. The van der Waals surface area contributed by atoms with Crippen LogP contribution in [-0.4, -0.2) is 28.8 Å². The number of nitrogens with zero attached hydrogens (tertiary/aromatic N) is 2. The summed E-state index contributed by atoms with van der Waals surface area (Å²) in [6.07, 6.45) is 0. The average molecular weight is 448 g/mol. The number of halogens is 1. The fourth-order valence-corrected chi connectivity index (χ4v) is 3.70. The van der Waals surface area contributed by atoms with Crippen LogP contribution in [0.1, 0.15) is 17.2 Å². The van der Waals surface area contributed by atoms with Gasteiger partial charge in [-0.15, -0.1) is 0 Å². The second kappa shape index (κ2) is 8.54. The van der Waals surface area contributed by atoms with Crippen molar-refractivity contribution in [2.24, 2.45) is 0 Å². The fourth-order valence-electron chi connectivity index (χ4n) is 3.70. The van der Waals surface area contributed by atoms with Gasteiger partial charge in [0.15, 0.2) is 0 Å². The van der Waals surface area contributed by atoms with E-state index in [1.54, 1.807) is 24.3 Å². The summed E-state index contributed by atoms with van der Waals surface area (Å²) in [6, 6.07) is 15.5. The number of ether oxygens (including phenoxy) is 1. The number of ketones is 1. The third-order valence-electron chi connectivity index (χ3n) is 5.33. The van der Waals surface area contributed by atoms with Crippen LogP contribution in [-0.2, 0) is 9.59 Å². The van der Waals surface area contributed by atoms with Gasteiger partial charge >= 0.3 is 0 Å². The van der Waals surface area contributed by atoms with Crippen LogP contribution in [0, 0.1) is 15.9 Å². The van der Waals surface area contributed by atoms with Gasteiger partial charge < -0.3 is 9.84 Å². The highest BCUT2D eigenvalue weighted by Gasteiger charge is 2.47. The maximum Gasteiger partial charge on any atom is 0.300 e. The number of carbonyl (C=O) groups excluding carboxylic acids is 2. The third-order valence-corrected chi connectivity index (χ3v) is 5.33. The van der Waals surface area contributed by atoms with Crippen LogP contribution in [0.15, 0.2) is 78.4 Å². The summed E-state index contributed by atoms with van der Waals surface area (Å²) in [5, 5.41) is 21.9. The molecule has 1 heterocycles. The number of hydrogen-bond donors (Lipinski definition) is 1. The number of non-ortho nitro benzene ring substituents is 1. The lowest BCUT2D eigenvalue weighted by molar-refractivity contribution is -0.384. The zero-order valence-corrected chi connectivity index (χ0v) is 17.3. The molecule has 1 aliphatic heterocycles. The van der Waals surface area contributed by atoms with Crippen LogP contribution in [0.4, 0.5) is 15.8 Å². The molecule has 1 unspecified atom stereocenters. The summed E-state index contributed by atoms with van der Waals surface area (Å²) >= 11 is 0. The molecule has 0 aromatic heterocycles. The van der Waals surface area contributed by atoms with Crippen molar-refractivity contribution in [3.8, 4) is 5.75 Å². The minimum Gasteiger partial charge on any atom is -0.507 e. The molecule has 4 rings (SSSR count). The van der Waals surface area contributed by atoms with E-state index in [2.05, 4.69) is 0 Å². The monoisotopic (exact) mass is 448 g/mol. The van der Waals surface area contributed by atoms with Crippen LogP contribution < -0.4 is 9.64 Å². The molecule has 33 heavy (non-hydrogen) atoms. The van der Waals surface area contributed by atoms with Crippen molar-refractivity contribution < 1.29 is 28.7 Å². The lowest BCUT2D eigenvalue weighted by Gasteiger charge is -2.25. The van der Waals surface area contributed by atoms with Crippen molar-refractivity contribution in [3.05, 3.63) is 105 Å². The molecule has 1 aliphatic rings. The number of benzene rings is 3. The van der Waals surface area contributed by atoms with Gasteiger partial charge in [0.2, 0.25) is 0 Å². The highest BCUT2D eigenvalue weighted by atomic mass is 19.1. The number of aliphatic hydroxyl groups excluding tert-OH is 1. The molecule has 1 amide bonds. The van der Waals surface area contributed by atoms with Crippen LogP contribution >= 0.6 is 0 Å². The van der Waals surface area contributed by atoms with Crippen molar-refractivity contribution in [3.63, 3.8) is 0 Å². The lowest BCUT2D eigenvalue weighted by Crippen LogP contribution is -2.29. The Morgan fingerprint density at radius 2 is 1.61 bits per heavy atom.